The average molecular weight is 291 g/mol. The molecule has 0 saturated heterocycles. The molecule has 8 heteroatoms. The number of nitrogen functional groups attached to an aromatic ring is 1. The van der Waals surface area contributed by atoms with Gasteiger partial charge in [0.2, 0.25) is 15.4 Å². The Balaban J connectivity index is 0.000000249. The van der Waals surface area contributed by atoms with E-state index in [1.165, 1.54) is 9.75 Å². The van der Waals surface area contributed by atoms with Crippen molar-refractivity contribution in [1.82, 2.24) is 0 Å². The minimum absolute atomic E-state index is 0.888. The van der Waals surface area contributed by atoms with Crippen LogP contribution in [-0.4, -0.2) is 17.5 Å². The van der Waals surface area contributed by atoms with Gasteiger partial charge in [-0.1, -0.05) is 18.2 Å². The summed E-state index contributed by atoms with van der Waals surface area (Å²) in [6.45, 7) is 0. The summed E-state index contributed by atoms with van der Waals surface area (Å²) in [5.74, 6) is 0. The number of rotatable bonds is 1. The maximum atomic E-state index is 8.63. The molecule has 92 valence electrons. The zero-order chi connectivity index (χ0) is 12.9. The first-order valence-electron chi connectivity index (χ1n) is 4.27. The molecule has 2 aromatic rings. The van der Waals surface area contributed by atoms with Crippen molar-refractivity contribution in [3.63, 3.8) is 0 Å². The Morgan fingerprint density at radius 2 is 1.82 bits per heavy atom. The summed E-state index contributed by atoms with van der Waals surface area (Å²) in [6.07, 6.45) is 0. The highest BCUT2D eigenvalue weighted by Gasteiger charge is 2.12. The lowest BCUT2D eigenvalue weighted by Crippen LogP contribution is -1.90. The molecule has 1 aromatic heterocycles. The molecule has 0 radical (unpaired) electrons. The maximum Gasteiger partial charge on any atom is 0.287 e. The van der Waals surface area contributed by atoms with Crippen LogP contribution in [0.25, 0.3) is 9.75 Å². The summed E-state index contributed by atoms with van der Waals surface area (Å²) < 4.78 is 34.1. The van der Waals surface area contributed by atoms with Crippen LogP contribution in [-0.2, 0) is 10.4 Å². The molecule has 0 unspecified atom stereocenters. The number of nitrogens with two attached hydrogens (primary N) is 1. The molecule has 0 amide bonds. The predicted octanol–water partition coefficient (Wildman–Crippen LogP) is 2.34. The molecule has 0 fully saturated rings. The Kier molecular flexibility index (Phi) is 4.97. The average Bonchev–Trinajstić information content (AvgIpc) is 2.64. The molecule has 0 bridgehead atoms. The summed E-state index contributed by atoms with van der Waals surface area (Å²) in [5.41, 5.74) is 6.90. The molecule has 17 heavy (non-hydrogen) atoms. The van der Waals surface area contributed by atoms with Gasteiger partial charge in [-0.2, -0.15) is 0 Å². The van der Waals surface area contributed by atoms with Crippen LogP contribution in [0.4, 0.5) is 5.00 Å². The molecule has 1 heterocycles. The normalized spacial score (nSPS) is 10.5. The first kappa shape index (κ1) is 14.0. The summed E-state index contributed by atoms with van der Waals surface area (Å²) in [4.78, 5) is 0. The third-order valence-corrected chi connectivity index (χ3v) is 3.79. The molecular weight excluding hydrogens is 282 g/mol. The lowest BCUT2D eigenvalue weighted by molar-refractivity contribution is 0.366. The summed E-state index contributed by atoms with van der Waals surface area (Å²) in [5, 5.41) is 2.87. The lowest BCUT2D eigenvalue weighted by Gasteiger charge is -1.88. The third kappa shape index (κ3) is 6.29. The second-order valence-corrected chi connectivity index (χ2v) is 5.90. The zero-order valence-electron chi connectivity index (χ0n) is 8.44. The molecule has 5 nitrogen and oxygen atoms in total. The minimum atomic E-state index is -4.92. The van der Waals surface area contributed by atoms with E-state index < -0.39 is 10.4 Å². The SMILES string of the molecule is Nc1c[s+]c(-c2ccccc2)s1.O=S(=O)([O-])O. The van der Waals surface area contributed by atoms with Gasteiger partial charge in [0.15, 0.2) is 5.38 Å². The first-order valence-corrected chi connectivity index (χ1v) is 7.33. The molecule has 0 aliphatic rings. The van der Waals surface area contributed by atoms with Gasteiger partial charge < -0.3 is 10.3 Å². The third-order valence-electron chi connectivity index (χ3n) is 1.50. The Labute approximate surface area is 107 Å². The molecule has 0 aliphatic heterocycles. The van der Waals surface area contributed by atoms with Gasteiger partial charge in [-0.25, -0.2) is 8.42 Å². The standard InChI is InChI=1S/C9H8NS2.H2O4S/c10-8-6-11-9(12-8)7-4-2-1-3-5-7;1-5(2,3)4/h1-6H,10H2;(H2,1,2,3,4)/q+1;/p-1. The highest BCUT2D eigenvalue weighted by molar-refractivity contribution is 7.79. The molecule has 2 rings (SSSR count). The fourth-order valence-corrected chi connectivity index (χ4v) is 2.89. The Bertz CT molecular complexity index is 557. The van der Waals surface area contributed by atoms with Crippen molar-refractivity contribution in [2.24, 2.45) is 0 Å². The van der Waals surface area contributed by atoms with E-state index in [1.54, 1.807) is 22.7 Å². The van der Waals surface area contributed by atoms with Crippen molar-refractivity contribution in [2.45, 2.75) is 0 Å². The largest absolute Gasteiger partial charge is 0.726 e. The number of hydrogen-bond acceptors (Lipinski definition) is 5. The zero-order valence-corrected chi connectivity index (χ0v) is 10.9. The Morgan fingerprint density at radius 3 is 2.24 bits per heavy atom. The number of hydrogen-bond donors (Lipinski definition) is 2. The van der Waals surface area contributed by atoms with Gasteiger partial charge in [-0.3, -0.25) is 4.55 Å². The van der Waals surface area contributed by atoms with Crippen LogP contribution in [0.15, 0.2) is 35.7 Å². The van der Waals surface area contributed by atoms with Gasteiger partial charge >= 0.3 is 0 Å². The first-order chi connectivity index (χ1) is 7.86. The number of anilines is 1. The Morgan fingerprint density at radius 1 is 1.29 bits per heavy atom. The molecule has 0 aliphatic carbocycles. The lowest BCUT2D eigenvalue weighted by atomic mass is 10.2. The van der Waals surface area contributed by atoms with Crippen molar-refractivity contribution >= 4 is 38.1 Å². The molecule has 1 aromatic carbocycles. The van der Waals surface area contributed by atoms with Crippen molar-refractivity contribution in [2.75, 3.05) is 5.73 Å². The van der Waals surface area contributed by atoms with Gasteiger partial charge in [0.05, 0.1) is 11.3 Å². The van der Waals surface area contributed by atoms with Crippen LogP contribution in [0.5, 0.6) is 0 Å². The van der Waals surface area contributed by atoms with E-state index in [9.17, 15) is 0 Å². The van der Waals surface area contributed by atoms with Crippen molar-refractivity contribution in [3.05, 3.63) is 35.7 Å². The van der Waals surface area contributed by atoms with Crippen LogP contribution >= 0.6 is 22.7 Å². The maximum absolute atomic E-state index is 8.63. The fraction of sp³-hybridized carbons (Fsp3) is 0. The van der Waals surface area contributed by atoms with Crippen molar-refractivity contribution in [3.8, 4) is 9.75 Å². The van der Waals surface area contributed by atoms with Crippen molar-refractivity contribution < 1.29 is 17.5 Å². The summed E-state index contributed by atoms with van der Waals surface area (Å²) in [6, 6.07) is 10.3. The van der Waals surface area contributed by atoms with Gasteiger partial charge in [0.25, 0.3) is 4.19 Å². The summed E-state index contributed by atoms with van der Waals surface area (Å²) >= 11 is 3.33. The van der Waals surface area contributed by atoms with Gasteiger partial charge in [0, 0.05) is 5.56 Å². The van der Waals surface area contributed by atoms with Gasteiger partial charge in [-0.15, -0.1) is 0 Å². The highest BCUT2D eigenvalue weighted by Crippen LogP contribution is 2.33. The van der Waals surface area contributed by atoms with Crippen LogP contribution in [0.2, 0.25) is 0 Å². The second kappa shape index (κ2) is 6.03. The fourth-order valence-electron chi connectivity index (χ4n) is 0.968. The quantitative estimate of drug-likeness (QED) is 0.477. The topological polar surface area (TPSA) is 103 Å². The summed E-state index contributed by atoms with van der Waals surface area (Å²) in [7, 11) is -4.92. The molecule has 0 spiro atoms. The van der Waals surface area contributed by atoms with Crippen LogP contribution < -0.4 is 5.73 Å². The van der Waals surface area contributed by atoms with E-state index in [1.807, 2.05) is 23.6 Å². The van der Waals surface area contributed by atoms with E-state index in [4.69, 9.17) is 23.3 Å². The van der Waals surface area contributed by atoms with E-state index >= 15 is 0 Å². The van der Waals surface area contributed by atoms with Crippen LogP contribution in [0.3, 0.4) is 0 Å². The molecule has 3 N–H and O–H groups in total. The van der Waals surface area contributed by atoms with Crippen LogP contribution in [0, 0.1) is 0 Å². The minimum Gasteiger partial charge on any atom is -0.726 e. The molecule has 0 saturated carbocycles. The number of benzene rings is 1. The van der Waals surface area contributed by atoms with E-state index in [0.29, 0.717) is 0 Å². The molecule has 0 atom stereocenters. The van der Waals surface area contributed by atoms with Crippen molar-refractivity contribution in [1.29, 1.82) is 0 Å². The van der Waals surface area contributed by atoms with Gasteiger partial charge in [-0.05, 0) is 12.1 Å². The van der Waals surface area contributed by atoms with Crippen LogP contribution in [0.1, 0.15) is 0 Å². The predicted molar refractivity (Wildman–Crippen MR) is 68.8 cm³/mol. The van der Waals surface area contributed by atoms with E-state index in [-0.39, 0.29) is 0 Å². The second-order valence-electron chi connectivity index (χ2n) is 2.82. The molecular formula is C9H9NO4S3. The highest BCUT2D eigenvalue weighted by atomic mass is 32.3. The monoisotopic (exact) mass is 291 g/mol. The van der Waals surface area contributed by atoms with E-state index in [0.717, 1.165) is 5.00 Å². The smallest absolute Gasteiger partial charge is 0.287 e. The van der Waals surface area contributed by atoms with E-state index in [2.05, 4.69) is 12.1 Å². The van der Waals surface area contributed by atoms with Gasteiger partial charge in [0.1, 0.15) is 11.3 Å². The Hall–Kier alpha value is -1.06.